The standard InChI is InChI=1S/C9H19NO2S/c1-9(2)7-10(3)6-5-8(9)13(4,11)12/h8H,5-7H2,1-4H3. The lowest BCUT2D eigenvalue weighted by molar-refractivity contribution is 0.147. The molecule has 0 N–H and O–H groups in total. The molecule has 1 fully saturated rings. The summed E-state index contributed by atoms with van der Waals surface area (Å²) in [5.74, 6) is 0. The van der Waals surface area contributed by atoms with Gasteiger partial charge in [0.2, 0.25) is 0 Å². The molecule has 1 unspecified atom stereocenters. The molecule has 0 amide bonds. The molecule has 13 heavy (non-hydrogen) atoms. The molecule has 1 atom stereocenters. The van der Waals surface area contributed by atoms with Crippen LogP contribution in [-0.2, 0) is 9.84 Å². The monoisotopic (exact) mass is 205 g/mol. The maximum Gasteiger partial charge on any atom is 0.150 e. The minimum atomic E-state index is -2.88. The van der Waals surface area contributed by atoms with Crippen LogP contribution in [0.3, 0.4) is 0 Å². The zero-order valence-electron chi connectivity index (χ0n) is 8.87. The van der Waals surface area contributed by atoms with Crippen molar-refractivity contribution in [2.75, 3.05) is 26.4 Å². The normalized spacial score (nSPS) is 30.3. The van der Waals surface area contributed by atoms with E-state index in [1.807, 2.05) is 20.9 Å². The van der Waals surface area contributed by atoms with E-state index in [9.17, 15) is 8.42 Å². The first-order valence-electron chi connectivity index (χ1n) is 4.61. The zero-order chi connectivity index (χ0) is 10.3. The molecule has 1 aliphatic rings. The Labute approximate surface area is 81.0 Å². The van der Waals surface area contributed by atoms with E-state index in [2.05, 4.69) is 4.90 Å². The quantitative estimate of drug-likeness (QED) is 0.634. The van der Waals surface area contributed by atoms with Crippen molar-refractivity contribution in [3.8, 4) is 0 Å². The van der Waals surface area contributed by atoms with Crippen LogP contribution in [0.25, 0.3) is 0 Å². The second kappa shape index (κ2) is 3.24. The third kappa shape index (κ3) is 2.44. The van der Waals surface area contributed by atoms with Gasteiger partial charge >= 0.3 is 0 Å². The average Bonchev–Trinajstić information content (AvgIpc) is 1.79. The Morgan fingerprint density at radius 2 is 1.92 bits per heavy atom. The van der Waals surface area contributed by atoms with E-state index >= 15 is 0 Å². The lowest BCUT2D eigenvalue weighted by atomic mass is 9.84. The number of likely N-dealkylation sites (tertiary alicyclic amines) is 1. The predicted molar refractivity (Wildman–Crippen MR) is 54.5 cm³/mol. The molecular formula is C9H19NO2S. The molecule has 0 aromatic rings. The summed E-state index contributed by atoms with van der Waals surface area (Å²) in [4.78, 5) is 2.20. The molecule has 0 aliphatic carbocycles. The Bertz CT molecular complexity index is 282. The Balaban J connectivity index is 2.89. The van der Waals surface area contributed by atoms with Crippen molar-refractivity contribution in [3.05, 3.63) is 0 Å². The maximum atomic E-state index is 11.5. The number of piperidine rings is 1. The van der Waals surface area contributed by atoms with Crippen molar-refractivity contribution in [2.24, 2.45) is 5.41 Å². The molecule has 1 rings (SSSR count). The van der Waals surface area contributed by atoms with Crippen LogP contribution in [0.5, 0.6) is 0 Å². The number of hydrogen-bond acceptors (Lipinski definition) is 3. The molecule has 0 bridgehead atoms. The first-order chi connectivity index (χ1) is 5.73. The first kappa shape index (κ1) is 11.0. The van der Waals surface area contributed by atoms with Gasteiger partial charge in [0.05, 0.1) is 5.25 Å². The summed E-state index contributed by atoms with van der Waals surface area (Å²) in [6.45, 7) is 5.83. The SMILES string of the molecule is CN1CCC(S(C)(=O)=O)C(C)(C)C1. The summed E-state index contributed by atoms with van der Waals surface area (Å²) in [5, 5.41) is -0.170. The molecule has 0 aromatic heterocycles. The molecule has 0 radical (unpaired) electrons. The highest BCUT2D eigenvalue weighted by atomic mass is 32.2. The van der Waals surface area contributed by atoms with E-state index in [1.54, 1.807) is 0 Å². The minimum Gasteiger partial charge on any atom is -0.306 e. The van der Waals surface area contributed by atoms with E-state index in [1.165, 1.54) is 6.26 Å². The van der Waals surface area contributed by atoms with Crippen molar-refractivity contribution in [1.82, 2.24) is 4.90 Å². The summed E-state index contributed by atoms with van der Waals surface area (Å²) in [5.41, 5.74) is -0.111. The second-order valence-corrected chi connectivity index (χ2v) is 7.06. The van der Waals surface area contributed by atoms with Crippen molar-refractivity contribution in [2.45, 2.75) is 25.5 Å². The minimum absolute atomic E-state index is 0.111. The van der Waals surface area contributed by atoms with Gasteiger partial charge in [-0.15, -0.1) is 0 Å². The van der Waals surface area contributed by atoms with Gasteiger partial charge in [0.25, 0.3) is 0 Å². The van der Waals surface area contributed by atoms with Crippen LogP contribution in [0, 0.1) is 5.41 Å². The molecule has 1 saturated heterocycles. The number of hydrogen-bond donors (Lipinski definition) is 0. The summed E-state index contributed by atoms with van der Waals surface area (Å²) >= 11 is 0. The van der Waals surface area contributed by atoms with Crippen LogP contribution in [0.4, 0.5) is 0 Å². The molecule has 0 spiro atoms. The van der Waals surface area contributed by atoms with Crippen molar-refractivity contribution in [1.29, 1.82) is 0 Å². The number of rotatable bonds is 1. The predicted octanol–water partition coefficient (Wildman–Crippen LogP) is 0.761. The van der Waals surface area contributed by atoms with Crippen LogP contribution in [0.1, 0.15) is 20.3 Å². The van der Waals surface area contributed by atoms with Gasteiger partial charge < -0.3 is 4.90 Å². The Morgan fingerprint density at radius 3 is 2.31 bits per heavy atom. The highest BCUT2D eigenvalue weighted by Crippen LogP contribution is 2.33. The molecular weight excluding hydrogens is 186 g/mol. The van der Waals surface area contributed by atoms with Crippen LogP contribution >= 0.6 is 0 Å². The molecule has 0 saturated carbocycles. The van der Waals surface area contributed by atoms with Gasteiger partial charge in [0.15, 0.2) is 9.84 Å². The van der Waals surface area contributed by atoms with E-state index in [0.29, 0.717) is 0 Å². The number of nitrogens with zero attached hydrogens (tertiary/aromatic N) is 1. The first-order valence-corrected chi connectivity index (χ1v) is 6.56. The fourth-order valence-electron chi connectivity index (χ4n) is 2.40. The highest BCUT2D eigenvalue weighted by molar-refractivity contribution is 7.91. The van der Waals surface area contributed by atoms with Gasteiger partial charge in [0.1, 0.15) is 0 Å². The van der Waals surface area contributed by atoms with Crippen LogP contribution in [0.15, 0.2) is 0 Å². The summed E-state index contributed by atoms with van der Waals surface area (Å²) in [6.07, 6.45) is 2.12. The van der Waals surface area contributed by atoms with E-state index in [4.69, 9.17) is 0 Å². The summed E-state index contributed by atoms with van der Waals surface area (Å²) < 4.78 is 23.0. The largest absolute Gasteiger partial charge is 0.306 e. The Morgan fingerprint density at radius 1 is 1.38 bits per heavy atom. The maximum absolute atomic E-state index is 11.5. The molecule has 3 nitrogen and oxygen atoms in total. The van der Waals surface area contributed by atoms with Gasteiger partial charge in [-0.3, -0.25) is 0 Å². The molecule has 4 heteroatoms. The van der Waals surface area contributed by atoms with Crippen LogP contribution in [-0.4, -0.2) is 45.0 Å². The van der Waals surface area contributed by atoms with Crippen LogP contribution in [0.2, 0.25) is 0 Å². The van der Waals surface area contributed by atoms with Gasteiger partial charge in [-0.25, -0.2) is 8.42 Å². The van der Waals surface area contributed by atoms with Crippen molar-refractivity contribution in [3.63, 3.8) is 0 Å². The average molecular weight is 205 g/mol. The molecule has 1 aliphatic heterocycles. The smallest absolute Gasteiger partial charge is 0.150 e. The highest BCUT2D eigenvalue weighted by Gasteiger charge is 2.40. The van der Waals surface area contributed by atoms with Gasteiger partial charge in [0, 0.05) is 12.8 Å². The lowest BCUT2D eigenvalue weighted by Crippen LogP contribution is -2.50. The van der Waals surface area contributed by atoms with E-state index in [0.717, 1.165) is 19.5 Å². The van der Waals surface area contributed by atoms with E-state index < -0.39 is 9.84 Å². The molecule has 0 aromatic carbocycles. The topological polar surface area (TPSA) is 37.4 Å². The Hall–Kier alpha value is -0.0900. The third-order valence-electron chi connectivity index (χ3n) is 2.84. The van der Waals surface area contributed by atoms with Gasteiger partial charge in [-0.1, -0.05) is 13.8 Å². The van der Waals surface area contributed by atoms with E-state index in [-0.39, 0.29) is 10.7 Å². The van der Waals surface area contributed by atoms with Crippen molar-refractivity contribution >= 4 is 9.84 Å². The number of sulfone groups is 1. The summed E-state index contributed by atoms with van der Waals surface area (Å²) in [7, 11) is -0.842. The fraction of sp³-hybridized carbons (Fsp3) is 1.00. The van der Waals surface area contributed by atoms with Crippen molar-refractivity contribution < 1.29 is 8.42 Å². The Kier molecular flexibility index (Phi) is 2.74. The molecule has 1 heterocycles. The van der Waals surface area contributed by atoms with Crippen LogP contribution < -0.4 is 0 Å². The second-order valence-electron chi connectivity index (χ2n) is 4.83. The summed E-state index contributed by atoms with van der Waals surface area (Å²) in [6, 6.07) is 0. The zero-order valence-corrected chi connectivity index (χ0v) is 9.69. The van der Waals surface area contributed by atoms with Gasteiger partial charge in [-0.2, -0.15) is 0 Å². The lowest BCUT2D eigenvalue weighted by Gasteiger charge is -2.41. The van der Waals surface area contributed by atoms with Gasteiger partial charge in [-0.05, 0) is 25.4 Å². The molecule has 78 valence electrons. The third-order valence-corrected chi connectivity index (χ3v) is 4.75. The fourth-order valence-corrected chi connectivity index (χ4v) is 4.17.